The van der Waals surface area contributed by atoms with Crippen LogP contribution in [-0.4, -0.2) is 34.1 Å². The molecule has 5 nitrogen and oxygen atoms in total. The molecule has 1 heterocycles. The number of carbonyl (C=O) groups excluding carboxylic acids is 1. The molecule has 1 saturated heterocycles. The fourth-order valence-electron chi connectivity index (χ4n) is 2.44. The van der Waals surface area contributed by atoms with Crippen LogP contribution in [0.5, 0.6) is 0 Å². The molecule has 0 saturated carbocycles. The molecule has 0 bridgehead atoms. The summed E-state index contributed by atoms with van der Waals surface area (Å²) >= 11 is 5.80. The molecule has 0 spiro atoms. The maximum absolute atomic E-state index is 12.2. The minimum atomic E-state index is -1.12. The number of urea groups is 1. The van der Waals surface area contributed by atoms with Crippen LogP contribution < -0.4 is 5.32 Å². The van der Waals surface area contributed by atoms with E-state index in [1.165, 1.54) is 12.1 Å². The van der Waals surface area contributed by atoms with Crippen molar-refractivity contribution in [2.24, 2.45) is 0 Å². The molecule has 0 aromatic heterocycles. The summed E-state index contributed by atoms with van der Waals surface area (Å²) in [6.07, 6.45) is 1.93. The Kier molecular flexibility index (Phi) is 3.90. The van der Waals surface area contributed by atoms with E-state index < -0.39 is 5.97 Å². The normalized spacial score (nSPS) is 17.1. The summed E-state index contributed by atoms with van der Waals surface area (Å²) in [6, 6.07) is 4.21. The molecular formula is C14H17ClN2O3. The van der Waals surface area contributed by atoms with E-state index >= 15 is 0 Å². The summed E-state index contributed by atoms with van der Waals surface area (Å²) in [5.74, 6) is -1.12. The Bertz CT molecular complexity index is 557. The average molecular weight is 297 g/mol. The summed E-state index contributed by atoms with van der Waals surface area (Å²) in [7, 11) is 0. The molecule has 2 amide bonds. The van der Waals surface area contributed by atoms with Crippen LogP contribution in [0.15, 0.2) is 18.2 Å². The van der Waals surface area contributed by atoms with Gasteiger partial charge in [0.25, 0.3) is 0 Å². The van der Waals surface area contributed by atoms with Crippen molar-refractivity contribution in [3.63, 3.8) is 0 Å². The van der Waals surface area contributed by atoms with Gasteiger partial charge in [-0.1, -0.05) is 11.6 Å². The van der Waals surface area contributed by atoms with Gasteiger partial charge >= 0.3 is 12.0 Å². The van der Waals surface area contributed by atoms with Gasteiger partial charge in [-0.2, -0.15) is 0 Å². The Hall–Kier alpha value is -1.75. The lowest BCUT2D eigenvalue weighted by atomic mass is 10.0. The molecular weight excluding hydrogens is 280 g/mol. The lowest BCUT2D eigenvalue weighted by molar-refractivity contribution is 0.0697. The van der Waals surface area contributed by atoms with Crippen LogP contribution in [0.1, 0.15) is 37.0 Å². The second kappa shape index (κ2) is 5.32. The van der Waals surface area contributed by atoms with Crippen molar-refractivity contribution in [2.45, 2.75) is 32.2 Å². The SMILES string of the molecule is CC1(C)CCCN1C(=O)Nc1ccc(Cl)c(C(=O)O)c1. The second-order valence-corrected chi connectivity index (χ2v) is 5.90. The van der Waals surface area contributed by atoms with Crippen molar-refractivity contribution in [3.05, 3.63) is 28.8 Å². The van der Waals surface area contributed by atoms with Gasteiger partial charge in [-0.05, 0) is 44.9 Å². The Morgan fingerprint density at radius 3 is 2.65 bits per heavy atom. The number of hydrogen-bond donors (Lipinski definition) is 2. The number of carboxylic acid groups (broad SMARTS) is 1. The Labute approximate surface area is 122 Å². The molecule has 1 aromatic rings. The number of anilines is 1. The third-order valence-electron chi connectivity index (χ3n) is 3.59. The topological polar surface area (TPSA) is 69.6 Å². The monoisotopic (exact) mass is 296 g/mol. The third kappa shape index (κ3) is 2.88. The van der Waals surface area contributed by atoms with Crippen molar-refractivity contribution < 1.29 is 14.7 Å². The highest BCUT2D eigenvalue weighted by molar-refractivity contribution is 6.33. The maximum Gasteiger partial charge on any atom is 0.337 e. The Morgan fingerprint density at radius 2 is 2.10 bits per heavy atom. The number of halogens is 1. The van der Waals surface area contributed by atoms with Crippen molar-refractivity contribution >= 4 is 29.3 Å². The molecule has 1 aromatic carbocycles. The highest BCUT2D eigenvalue weighted by Gasteiger charge is 2.35. The number of carbonyl (C=O) groups is 2. The van der Waals surface area contributed by atoms with Gasteiger partial charge in [0.15, 0.2) is 0 Å². The van der Waals surface area contributed by atoms with Crippen LogP contribution in [0.3, 0.4) is 0 Å². The molecule has 108 valence electrons. The van der Waals surface area contributed by atoms with Crippen LogP contribution >= 0.6 is 11.6 Å². The number of nitrogens with zero attached hydrogens (tertiary/aromatic N) is 1. The van der Waals surface area contributed by atoms with E-state index in [-0.39, 0.29) is 22.2 Å². The lowest BCUT2D eigenvalue weighted by Crippen LogP contribution is -2.44. The number of carboxylic acids is 1. The minimum Gasteiger partial charge on any atom is -0.478 e. The van der Waals surface area contributed by atoms with Crippen molar-refractivity contribution in [1.82, 2.24) is 4.90 Å². The third-order valence-corrected chi connectivity index (χ3v) is 3.92. The van der Waals surface area contributed by atoms with Gasteiger partial charge in [-0.15, -0.1) is 0 Å². The van der Waals surface area contributed by atoms with Gasteiger partial charge in [0.1, 0.15) is 0 Å². The highest BCUT2D eigenvalue weighted by atomic mass is 35.5. The number of nitrogens with one attached hydrogen (secondary N) is 1. The molecule has 2 N–H and O–H groups in total. The fraction of sp³-hybridized carbons (Fsp3) is 0.429. The number of hydrogen-bond acceptors (Lipinski definition) is 2. The van der Waals surface area contributed by atoms with E-state index in [1.54, 1.807) is 11.0 Å². The highest BCUT2D eigenvalue weighted by Crippen LogP contribution is 2.29. The van der Waals surface area contributed by atoms with Crippen LogP contribution in [0, 0.1) is 0 Å². The van der Waals surface area contributed by atoms with E-state index in [0.29, 0.717) is 12.2 Å². The van der Waals surface area contributed by atoms with Crippen LogP contribution in [0.2, 0.25) is 5.02 Å². The van der Waals surface area contributed by atoms with E-state index in [0.717, 1.165) is 12.8 Å². The van der Waals surface area contributed by atoms with E-state index in [9.17, 15) is 9.59 Å². The van der Waals surface area contributed by atoms with Crippen LogP contribution in [0.25, 0.3) is 0 Å². The van der Waals surface area contributed by atoms with Gasteiger partial charge in [0.05, 0.1) is 10.6 Å². The Balaban J connectivity index is 2.16. The van der Waals surface area contributed by atoms with E-state index in [1.807, 2.05) is 13.8 Å². The summed E-state index contributed by atoms with van der Waals surface area (Å²) in [5, 5.41) is 11.9. The van der Waals surface area contributed by atoms with Gasteiger partial charge in [-0.25, -0.2) is 9.59 Å². The van der Waals surface area contributed by atoms with Crippen molar-refractivity contribution in [1.29, 1.82) is 0 Å². The molecule has 2 rings (SSSR count). The molecule has 1 aliphatic rings. The molecule has 20 heavy (non-hydrogen) atoms. The molecule has 0 atom stereocenters. The first kappa shape index (κ1) is 14.7. The fourth-order valence-corrected chi connectivity index (χ4v) is 2.64. The average Bonchev–Trinajstić information content (AvgIpc) is 2.71. The summed E-state index contributed by atoms with van der Waals surface area (Å²) in [4.78, 5) is 25.0. The zero-order valence-electron chi connectivity index (χ0n) is 11.4. The van der Waals surface area contributed by atoms with E-state index in [4.69, 9.17) is 16.7 Å². The molecule has 0 unspecified atom stereocenters. The Morgan fingerprint density at radius 1 is 1.40 bits per heavy atom. The first-order valence-corrected chi connectivity index (χ1v) is 6.80. The van der Waals surface area contributed by atoms with Crippen molar-refractivity contribution in [3.8, 4) is 0 Å². The summed E-state index contributed by atoms with van der Waals surface area (Å²) in [6.45, 7) is 4.74. The molecule has 0 aliphatic carbocycles. The van der Waals surface area contributed by atoms with Crippen molar-refractivity contribution in [2.75, 3.05) is 11.9 Å². The molecule has 0 radical (unpaired) electrons. The smallest absolute Gasteiger partial charge is 0.337 e. The molecule has 1 fully saturated rings. The molecule has 1 aliphatic heterocycles. The minimum absolute atomic E-state index is 0.0230. The number of likely N-dealkylation sites (tertiary alicyclic amines) is 1. The van der Waals surface area contributed by atoms with Crippen LogP contribution in [-0.2, 0) is 0 Å². The quantitative estimate of drug-likeness (QED) is 0.878. The molecule has 6 heteroatoms. The standard InChI is InChI=1S/C14H17ClN2O3/c1-14(2)6-3-7-17(14)13(20)16-9-4-5-11(15)10(8-9)12(18)19/h4-5,8H,3,6-7H2,1-2H3,(H,16,20)(H,18,19). The van der Waals surface area contributed by atoms with Gasteiger partial charge in [0, 0.05) is 17.8 Å². The second-order valence-electron chi connectivity index (χ2n) is 5.50. The maximum atomic E-state index is 12.2. The van der Waals surface area contributed by atoms with Gasteiger partial charge in [-0.3, -0.25) is 0 Å². The first-order chi connectivity index (χ1) is 9.31. The predicted octanol–water partition coefficient (Wildman–Crippen LogP) is 3.44. The van der Waals surface area contributed by atoms with Gasteiger partial charge < -0.3 is 15.3 Å². The van der Waals surface area contributed by atoms with E-state index in [2.05, 4.69) is 5.32 Å². The predicted molar refractivity (Wildman–Crippen MR) is 77.4 cm³/mol. The number of aromatic carboxylic acids is 1. The lowest BCUT2D eigenvalue weighted by Gasteiger charge is -2.31. The van der Waals surface area contributed by atoms with Crippen LogP contribution in [0.4, 0.5) is 10.5 Å². The zero-order valence-corrected chi connectivity index (χ0v) is 12.2. The summed E-state index contributed by atoms with van der Waals surface area (Å²) in [5.41, 5.74) is 0.233. The van der Waals surface area contributed by atoms with Gasteiger partial charge in [0.2, 0.25) is 0 Å². The number of amides is 2. The number of benzene rings is 1. The zero-order chi connectivity index (χ0) is 14.9. The first-order valence-electron chi connectivity index (χ1n) is 6.43. The largest absolute Gasteiger partial charge is 0.478 e. The summed E-state index contributed by atoms with van der Waals surface area (Å²) < 4.78 is 0. The number of rotatable bonds is 2.